The lowest BCUT2D eigenvalue weighted by molar-refractivity contribution is 0.278. The average Bonchev–Trinajstić information content (AvgIpc) is 3.06. The Labute approximate surface area is 126 Å². The Bertz CT molecular complexity index is 951. The third-order valence-electron chi connectivity index (χ3n) is 3.85. The molecule has 4 aromatic rings. The summed E-state index contributed by atoms with van der Waals surface area (Å²) in [5, 5.41) is 18.8. The van der Waals surface area contributed by atoms with E-state index in [-0.39, 0.29) is 12.4 Å². The molecule has 2 N–H and O–H groups in total. The fourth-order valence-electron chi connectivity index (χ4n) is 2.83. The molecule has 0 aliphatic heterocycles. The molecule has 0 saturated heterocycles. The highest BCUT2D eigenvalue weighted by atomic mass is 16.3. The Morgan fingerprint density at radius 3 is 2.55 bits per heavy atom. The van der Waals surface area contributed by atoms with E-state index in [2.05, 4.69) is 4.98 Å². The third kappa shape index (κ3) is 1.87. The van der Waals surface area contributed by atoms with Gasteiger partial charge in [0.1, 0.15) is 5.75 Å². The fraction of sp³-hybridized carbons (Fsp3) is 0.118. The summed E-state index contributed by atoms with van der Waals surface area (Å²) in [6.07, 6.45) is 2.02. The summed E-state index contributed by atoms with van der Waals surface area (Å²) in [7, 11) is 0. The lowest BCUT2D eigenvalue weighted by atomic mass is 10.1. The standard InChI is InChI=1S/C17H15N3O2/c21-10-9-19-16(12-5-7-13(22)8-6-12)11-20-15-4-2-1-3-14(15)18-17(19)20/h1-8,11,21-22H,9-10H2. The van der Waals surface area contributed by atoms with Gasteiger partial charge in [0.25, 0.3) is 0 Å². The topological polar surface area (TPSA) is 62.7 Å². The molecule has 0 bridgehead atoms. The molecule has 4 rings (SSSR count). The van der Waals surface area contributed by atoms with E-state index in [0.29, 0.717) is 6.54 Å². The number of imidazole rings is 2. The van der Waals surface area contributed by atoms with Crippen LogP contribution in [0.2, 0.25) is 0 Å². The van der Waals surface area contributed by atoms with Gasteiger partial charge in [0.05, 0.1) is 23.3 Å². The molecule has 0 aliphatic carbocycles. The van der Waals surface area contributed by atoms with Crippen LogP contribution in [0.3, 0.4) is 0 Å². The number of fused-ring (bicyclic) bond motifs is 3. The molecule has 0 unspecified atom stereocenters. The lowest BCUT2D eigenvalue weighted by Crippen LogP contribution is -2.04. The number of aliphatic hydroxyl groups excluding tert-OH is 1. The zero-order valence-corrected chi connectivity index (χ0v) is 11.8. The SMILES string of the molecule is OCCn1c(-c2ccc(O)cc2)cn2c3ccccc3nc12. The predicted octanol–water partition coefficient (Wildman–Crippen LogP) is 2.65. The van der Waals surface area contributed by atoms with Crippen LogP contribution in [-0.4, -0.2) is 30.8 Å². The van der Waals surface area contributed by atoms with Crippen LogP contribution in [0.1, 0.15) is 0 Å². The number of para-hydroxylation sites is 2. The minimum absolute atomic E-state index is 0.0403. The Hall–Kier alpha value is -2.79. The summed E-state index contributed by atoms with van der Waals surface area (Å²) in [5.74, 6) is 1.04. The molecule has 0 aliphatic rings. The molecule has 22 heavy (non-hydrogen) atoms. The zero-order valence-electron chi connectivity index (χ0n) is 11.8. The monoisotopic (exact) mass is 293 g/mol. The van der Waals surface area contributed by atoms with Crippen LogP contribution in [0.5, 0.6) is 5.75 Å². The van der Waals surface area contributed by atoms with Gasteiger partial charge < -0.3 is 14.8 Å². The van der Waals surface area contributed by atoms with Crippen molar-refractivity contribution in [3.05, 3.63) is 54.7 Å². The molecule has 0 spiro atoms. The van der Waals surface area contributed by atoms with Crippen molar-refractivity contribution in [3.63, 3.8) is 0 Å². The van der Waals surface area contributed by atoms with Gasteiger partial charge >= 0.3 is 0 Å². The maximum atomic E-state index is 9.45. The van der Waals surface area contributed by atoms with E-state index in [1.165, 1.54) is 0 Å². The van der Waals surface area contributed by atoms with Gasteiger partial charge in [0.15, 0.2) is 0 Å². The Morgan fingerprint density at radius 2 is 1.77 bits per heavy atom. The van der Waals surface area contributed by atoms with Crippen LogP contribution in [0.25, 0.3) is 28.1 Å². The molecule has 0 fully saturated rings. The normalized spacial score (nSPS) is 11.5. The first-order valence-electron chi connectivity index (χ1n) is 7.14. The maximum absolute atomic E-state index is 9.45. The van der Waals surface area contributed by atoms with Gasteiger partial charge in [-0.3, -0.25) is 4.40 Å². The van der Waals surface area contributed by atoms with Gasteiger partial charge in [-0.2, -0.15) is 0 Å². The van der Waals surface area contributed by atoms with Crippen molar-refractivity contribution in [1.82, 2.24) is 14.0 Å². The van der Waals surface area contributed by atoms with Crippen molar-refractivity contribution < 1.29 is 10.2 Å². The molecule has 2 heterocycles. The van der Waals surface area contributed by atoms with Crippen molar-refractivity contribution >= 4 is 16.8 Å². The van der Waals surface area contributed by atoms with Gasteiger partial charge in [0.2, 0.25) is 5.78 Å². The number of rotatable bonds is 3. The van der Waals surface area contributed by atoms with E-state index < -0.39 is 0 Å². The van der Waals surface area contributed by atoms with Gasteiger partial charge in [0, 0.05) is 18.3 Å². The molecule has 0 saturated carbocycles. The number of phenols is 1. The van der Waals surface area contributed by atoms with Gasteiger partial charge in [-0.1, -0.05) is 12.1 Å². The second-order valence-corrected chi connectivity index (χ2v) is 5.21. The molecular weight excluding hydrogens is 278 g/mol. The van der Waals surface area contributed by atoms with E-state index >= 15 is 0 Å². The zero-order chi connectivity index (χ0) is 15.1. The summed E-state index contributed by atoms with van der Waals surface area (Å²) in [6.45, 7) is 0.509. The summed E-state index contributed by atoms with van der Waals surface area (Å²) in [4.78, 5) is 4.66. The van der Waals surface area contributed by atoms with Crippen LogP contribution < -0.4 is 0 Å². The van der Waals surface area contributed by atoms with Gasteiger partial charge in [-0.25, -0.2) is 4.98 Å². The quantitative estimate of drug-likeness (QED) is 0.610. The second-order valence-electron chi connectivity index (χ2n) is 5.21. The Kier molecular flexibility index (Phi) is 2.87. The van der Waals surface area contributed by atoms with Crippen LogP contribution in [0, 0.1) is 0 Å². The Morgan fingerprint density at radius 1 is 1.00 bits per heavy atom. The Balaban J connectivity index is 2.01. The number of hydrogen-bond donors (Lipinski definition) is 2. The van der Waals surface area contributed by atoms with Crippen molar-refractivity contribution in [2.45, 2.75) is 6.54 Å². The number of phenolic OH excluding ortho intramolecular Hbond substituents is 1. The minimum atomic E-state index is 0.0403. The smallest absolute Gasteiger partial charge is 0.215 e. The van der Waals surface area contributed by atoms with Crippen LogP contribution in [0.15, 0.2) is 54.7 Å². The van der Waals surface area contributed by atoms with Gasteiger partial charge in [-0.15, -0.1) is 0 Å². The number of aromatic nitrogens is 3. The molecule has 0 atom stereocenters. The molecular formula is C17H15N3O2. The molecule has 2 aromatic heterocycles. The lowest BCUT2D eigenvalue weighted by Gasteiger charge is -2.07. The van der Waals surface area contributed by atoms with E-state index in [0.717, 1.165) is 28.1 Å². The molecule has 0 radical (unpaired) electrons. The summed E-state index contributed by atoms with van der Waals surface area (Å²) >= 11 is 0. The first-order valence-corrected chi connectivity index (χ1v) is 7.14. The molecule has 0 amide bonds. The van der Waals surface area contributed by atoms with E-state index in [1.54, 1.807) is 12.1 Å². The first kappa shape index (κ1) is 12.9. The maximum Gasteiger partial charge on any atom is 0.215 e. The van der Waals surface area contributed by atoms with Crippen LogP contribution in [0.4, 0.5) is 0 Å². The largest absolute Gasteiger partial charge is 0.508 e. The van der Waals surface area contributed by atoms with Crippen LogP contribution >= 0.6 is 0 Å². The van der Waals surface area contributed by atoms with E-state index in [4.69, 9.17) is 0 Å². The highest BCUT2D eigenvalue weighted by molar-refractivity contribution is 5.81. The van der Waals surface area contributed by atoms with Crippen molar-refractivity contribution in [2.75, 3.05) is 6.61 Å². The fourth-order valence-corrected chi connectivity index (χ4v) is 2.83. The highest BCUT2D eigenvalue weighted by Crippen LogP contribution is 2.27. The first-order chi connectivity index (χ1) is 10.8. The number of aliphatic hydroxyl groups is 1. The molecule has 2 aromatic carbocycles. The summed E-state index contributed by atoms with van der Waals surface area (Å²) in [5.41, 5.74) is 3.90. The molecule has 5 heteroatoms. The summed E-state index contributed by atoms with van der Waals surface area (Å²) < 4.78 is 4.03. The van der Waals surface area contributed by atoms with E-state index in [9.17, 15) is 10.2 Å². The number of nitrogens with zero attached hydrogens (tertiary/aromatic N) is 3. The van der Waals surface area contributed by atoms with Crippen molar-refractivity contribution in [2.24, 2.45) is 0 Å². The summed E-state index contributed by atoms with van der Waals surface area (Å²) in [6, 6.07) is 15.0. The predicted molar refractivity (Wildman–Crippen MR) is 84.9 cm³/mol. The van der Waals surface area contributed by atoms with Crippen molar-refractivity contribution in [3.8, 4) is 17.0 Å². The number of benzene rings is 2. The molecule has 5 nitrogen and oxygen atoms in total. The number of aromatic hydroxyl groups is 1. The third-order valence-corrected chi connectivity index (χ3v) is 3.85. The van der Waals surface area contributed by atoms with Crippen molar-refractivity contribution in [1.29, 1.82) is 0 Å². The minimum Gasteiger partial charge on any atom is -0.508 e. The van der Waals surface area contributed by atoms with E-state index in [1.807, 2.05) is 51.6 Å². The van der Waals surface area contributed by atoms with Gasteiger partial charge in [-0.05, 0) is 36.4 Å². The van der Waals surface area contributed by atoms with Crippen LogP contribution in [-0.2, 0) is 6.54 Å². The highest BCUT2D eigenvalue weighted by Gasteiger charge is 2.14. The average molecular weight is 293 g/mol. The second kappa shape index (κ2) is 4.89. The number of hydrogen-bond acceptors (Lipinski definition) is 3. The molecule has 110 valence electrons.